The van der Waals surface area contributed by atoms with Gasteiger partial charge in [0.1, 0.15) is 11.9 Å². The summed E-state index contributed by atoms with van der Waals surface area (Å²) < 4.78 is 10.3. The van der Waals surface area contributed by atoms with E-state index in [-0.39, 0.29) is 37.5 Å². The third-order valence-corrected chi connectivity index (χ3v) is 3.47. The maximum atomic E-state index is 12.0. The van der Waals surface area contributed by atoms with Crippen LogP contribution in [0, 0.1) is 6.92 Å². The molecule has 120 valence electrons. The molecule has 6 nitrogen and oxygen atoms in total. The first-order valence-electron chi connectivity index (χ1n) is 7.35. The number of carbonyl (C=O) groups is 2. The van der Waals surface area contributed by atoms with Crippen molar-refractivity contribution in [2.24, 2.45) is 0 Å². The lowest BCUT2D eigenvalue weighted by atomic mass is 10.1. The summed E-state index contributed by atoms with van der Waals surface area (Å²) in [6.45, 7) is 5.16. The van der Waals surface area contributed by atoms with Crippen LogP contribution in [-0.4, -0.2) is 44.7 Å². The molecule has 0 radical (unpaired) electrons. The van der Waals surface area contributed by atoms with Gasteiger partial charge < -0.3 is 19.7 Å². The largest absolute Gasteiger partial charge is 0.487 e. The first-order valence-corrected chi connectivity index (χ1v) is 7.35. The van der Waals surface area contributed by atoms with E-state index in [2.05, 4.69) is 10.1 Å². The summed E-state index contributed by atoms with van der Waals surface area (Å²) in [5.41, 5.74) is 2.05. The van der Waals surface area contributed by atoms with Crippen LogP contribution >= 0.6 is 0 Å². The van der Waals surface area contributed by atoms with Crippen LogP contribution in [-0.2, 0) is 14.3 Å². The van der Waals surface area contributed by atoms with E-state index in [1.807, 2.05) is 36.9 Å². The molecule has 0 bridgehead atoms. The minimum absolute atomic E-state index is 0.0260. The predicted octanol–water partition coefficient (Wildman–Crippen LogP) is 1.26. The lowest BCUT2D eigenvalue weighted by Crippen LogP contribution is -2.44. The fourth-order valence-corrected chi connectivity index (χ4v) is 2.42. The van der Waals surface area contributed by atoms with Gasteiger partial charge in [-0.05, 0) is 31.5 Å². The van der Waals surface area contributed by atoms with Gasteiger partial charge in [-0.25, -0.2) is 0 Å². The highest BCUT2D eigenvalue weighted by Crippen LogP contribution is 2.33. The van der Waals surface area contributed by atoms with Gasteiger partial charge in [-0.3, -0.25) is 9.59 Å². The Morgan fingerprint density at radius 2 is 2.23 bits per heavy atom. The Bertz CT molecular complexity index is 559. The zero-order valence-corrected chi connectivity index (χ0v) is 13.2. The van der Waals surface area contributed by atoms with Gasteiger partial charge in [0.15, 0.2) is 0 Å². The van der Waals surface area contributed by atoms with Crippen LogP contribution in [0.1, 0.15) is 18.9 Å². The van der Waals surface area contributed by atoms with Gasteiger partial charge in [0.2, 0.25) is 5.91 Å². The molecule has 0 saturated carbocycles. The Labute approximate surface area is 130 Å². The molecule has 6 heteroatoms. The van der Waals surface area contributed by atoms with E-state index in [4.69, 9.17) is 4.74 Å². The van der Waals surface area contributed by atoms with E-state index in [1.54, 1.807) is 0 Å². The number of aryl methyl sites for hydroxylation is 1. The second-order valence-electron chi connectivity index (χ2n) is 5.46. The minimum atomic E-state index is -0.332. The van der Waals surface area contributed by atoms with Gasteiger partial charge in [-0.1, -0.05) is 6.07 Å². The molecule has 1 heterocycles. The Morgan fingerprint density at radius 3 is 2.95 bits per heavy atom. The van der Waals surface area contributed by atoms with Crippen molar-refractivity contribution in [3.8, 4) is 5.75 Å². The number of carbonyl (C=O) groups excluding carboxylic acids is 2. The van der Waals surface area contributed by atoms with Crippen molar-refractivity contribution in [2.45, 2.75) is 26.4 Å². The van der Waals surface area contributed by atoms with Crippen LogP contribution in [0.2, 0.25) is 0 Å². The summed E-state index contributed by atoms with van der Waals surface area (Å²) in [5.74, 6) is 0.346. The number of rotatable bonds is 5. The summed E-state index contributed by atoms with van der Waals surface area (Å²) in [4.78, 5) is 25.1. The Balaban J connectivity index is 1.96. The SMILES string of the molecule is COC(=O)CCNC(=O)CN1C[C@@H](C)Oc2ccc(C)cc21. The normalized spacial score (nSPS) is 16.5. The van der Waals surface area contributed by atoms with Crippen LogP contribution in [0.15, 0.2) is 18.2 Å². The van der Waals surface area contributed by atoms with Crippen molar-refractivity contribution in [1.29, 1.82) is 0 Å². The topological polar surface area (TPSA) is 67.9 Å². The highest BCUT2D eigenvalue weighted by molar-refractivity contribution is 5.83. The molecule has 1 aliphatic heterocycles. The van der Waals surface area contributed by atoms with Crippen molar-refractivity contribution in [1.82, 2.24) is 5.32 Å². The zero-order valence-electron chi connectivity index (χ0n) is 13.2. The summed E-state index contributed by atoms with van der Waals surface area (Å²) in [7, 11) is 1.33. The summed E-state index contributed by atoms with van der Waals surface area (Å²) in [6, 6.07) is 5.94. The van der Waals surface area contributed by atoms with E-state index in [1.165, 1.54) is 7.11 Å². The number of hydrogen-bond acceptors (Lipinski definition) is 5. The summed E-state index contributed by atoms with van der Waals surface area (Å²) in [6.07, 6.45) is 0.204. The number of nitrogens with zero attached hydrogens (tertiary/aromatic N) is 1. The van der Waals surface area contributed by atoms with Crippen LogP contribution in [0.4, 0.5) is 5.69 Å². The average molecular weight is 306 g/mol. The molecule has 1 N–H and O–H groups in total. The first-order chi connectivity index (χ1) is 10.5. The van der Waals surface area contributed by atoms with Crippen LogP contribution in [0.5, 0.6) is 5.75 Å². The van der Waals surface area contributed by atoms with Gasteiger partial charge in [0.25, 0.3) is 0 Å². The lowest BCUT2D eigenvalue weighted by Gasteiger charge is -2.34. The third-order valence-electron chi connectivity index (χ3n) is 3.47. The molecule has 0 spiro atoms. The van der Waals surface area contributed by atoms with Crippen LogP contribution in [0.3, 0.4) is 0 Å². The molecule has 1 atom stereocenters. The van der Waals surface area contributed by atoms with Gasteiger partial charge in [-0.15, -0.1) is 0 Å². The molecule has 0 saturated heterocycles. The second kappa shape index (κ2) is 7.15. The molecule has 0 unspecified atom stereocenters. The number of anilines is 1. The molecule has 1 amide bonds. The number of methoxy groups -OCH3 is 1. The maximum Gasteiger partial charge on any atom is 0.307 e. The highest BCUT2D eigenvalue weighted by Gasteiger charge is 2.24. The minimum Gasteiger partial charge on any atom is -0.487 e. The van der Waals surface area contributed by atoms with E-state index >= 15 is 0 Å². The maximum absolute atomic E-state index is 12.0. The molecule has 1 aliphatic rings. The molecule has 0 fully saturated rings. The quantitative estimate of drug-likeness (QED) is 0.830. The number of amides is 1. The molecule has 0 aromatic heterocycles. The molecule has 1 aromatic carbocycles. The number of esters is 1. The fraction of sp³-hybridized carbons (Fsp3) is 0.500. The molecule has 22 heavy (non-hydrogen) atoms. The molecular weight excluding hydrogens is 284 g/mol. The molecule has 1 aromatic rings. The standard InChI is InChI=1S/C16H22N2O4/c1-11-4-5-14-13(8-11)18(9-12(2)22-14)10-15(19)17-7-6-16(20)21-3/h4-5,8,12H,6-7,9-10H2,1-3H3,(H,17,19)/t12-/m1/s1. The van der Waals surface area contributed by atoms with E-state index in [9.17, 15) is 9.59 Å². The molecule has 0 aliphatic carbocycles. The van der Waals surface area contributed by atoms with Crippen LogP contribution in [0.25, 0.3) is 0 Å². The third kappa shape index (κ3) is 4.13. The van der Waals surface area contributed by atoms with Gasteiger partial charge in [0.05, 0.1) is 32.3 Å². The smallest absolute Gasteiger partial charge is 0.307 e. The number of nitrogens with one attached hydrogen (secondary N) is 1. The zero-order chi connectivity index (χ0) is 16.1. The van der Waals surface area contributed by atoms with Crippen molar-refractivity contribution in [3.63, 3.8) is 0 Å². The van der Waals surface area contributed by atoms with Crippen molar-refractivity contribution >= 4 is 17.6 Å². The van der Waals surface area contributed by atoms with E-state index < -0.39 is 0 Å². The van der Waals surface area contributed by atoms with Gasteiger partial charge in [0, 0.05) is 6.54 Å². The van der Waals surface area contributed by atoms with Crippen molar-refractivity contribution in [2.75, 3.05) is 31.6 Å². The number of fused-ring (bicyclic) bond motifs is 1. The summed E-state index contributed by atoms with van der Waals surface area (Å²) in [5, 5.41) is 2.73. The number of benzene rings is 1. The number of ether oxygens (including phenoxy) is 2. The van der Waals surface area contributed by atoms with E-state index in [0.717, 1.165) is 17.0 Å². The van der Waals surface area contributed by atoms with Gasteiger partial charge in [-0.2, -0.15) is 0 Å². The highest BCUT2D eigenvalue weighted by atomic mass is 16.5. The van der Waals surface area contributed by atoms with Gasteiger partial charge >= 0.3 is 5.97 Å². The van der Waals surface area contributed by atoms with Crippen molar-refractivity contribution in [3.05, 3.63) is 23.8 Å². The lowest BCUT2D eigenvalue weighted by molar-refractivity contribution is -0.140. The Morgan fingerprint density at radius 1 is 1.45 bits per heavy atom. The predicted molar refractivity (Wildman–Crippen MR) is 83.1 cm³/mol. The average Bonchev–Trinajstić information content (AvgIpc) is 2.47. The monoisotopic (exact) mass is 306 g/mol. The second-order valence-corrected chi connectivity index (χ2v) is 5.46. The Hall–Kier alpha value is -2.24. The number of hydrogen-bond donors (Lipinski definition) is 1. The fourth-order valence-electron chi connectivity index (χ4n) is 2.42. The molecular formula is C16H22N2O4. The molecule has 2 rings (SSSR count). The first kappa shape index (κ1) is 16.1. The Kier molecular flexibility index (Phi) is 5.25. The van der Waals surface area contributed by atoms with E-state index in [0.29, 0.717) is 6.54 Å². The van der Waals surface area contributed by atoms with Crippen LogP contribution < -0.4 is 15.0 Å². The van der Waals surface area contributed by atoms with Crippen molar-refractivity contribution < 1.29 is 19.1 Å². The summed E-state index contributed by atoms with van der Waals surface area (Å²) >= 11 is 0.